The number of aliphatic hydroxyl groups is 2. The maximum atomic E-state index is 11.5. The van der Waals surface area contributed by atoms with Crippen molar-refractivity contribution in [3.05, 3.63) is 52.9 Å². The second-order valence-corrected chi connectivity index (χ2v) is 10.1. The normalized spacial score (nSPS) is 28.6. The minimum Gasteiger partial charge on any atom is -0.385 e. The van der Waals surface area contributed by atoms with E-state index < -0.39 is 24.0 Å². The van der Waals surface area contributed by atoms with Crippen molar-refractivity contribution in [3.8, 4) is 0 Å². The first kappa shape index (κ1) is 21.7. The van der Waals surface area contributed by atoms with Gasteiger partial charge in [0.1, 0.15) is 35.3 Å². The van der Waals surface area contributed by atoms with Crippen molar-refractivity contribution in [1.29, 1.82) is 0 Å². The molecule has 3 aromatic heterocycles. The molecule has 2 aliphatic rings. The first-order valence-electron chi connectivity index (χ1n) is 11.3. The highest BCUT2D eigenvalue weighted by Crippen LogP contribution is 2.50. The number of aliphatic hydroxyl groups excluding tert-OH is 1. The van der Waals surface area contributed by atoms with Gasteiger partial charge in [0.05, 0.1) is 21.5 Å². The van der Waals surface area contributed by atoms with E-state index in [0.717, 1.165) is 32.7 Å². The molecule has 1 aliphatic carbocycles. The molecule has 0 bridgehead atoms. The van der Waals surface area contributed by atoms with Crippen molar-refractivity contribution in [2.24, 2.45) is 5.92 Å². The van der Waals surface area contributed by atoms with E-state index in [-0.39, 0.29) is 5.92 Å². The van der Waals surface area contributed by atoms with Crippen LogP contribution in [0, 0.1) is 5.92 Å². The van der Waals surface area contributed by atoms with Crippen LogP contribution in [0.25, 0.3) is 21.9 Å². The van der Waals surface area contributed by atoms with E-state index in [1.54, 1.807) is 11.6 Å². The summed E-state index contributed by atoms with van der Waals surface area (Å²) in [4.78, 5) is 13.1. The lowest BCUT2D eigenvalue weighted by atomic mass is 9.90. The van der Waals surface area contributed by atoms with Crippen LogP contribution in [0.2, 0.25) is 0 Å². The molecule has 1 saturated heterocycles. The van der Waals surface area contributed by atoms with Crippen LogP contribution in [0.4, 0.5) is 11.6 Å². The molecule has 10 heteroatoms. The zero-order valence-electron chi connectivity index (χ0n) is 18.5. The Morgan fingerprint density at radius 2 is 2.15 bits per heavy atom. The SMILES string of the molecule is CNc1ncnc2c1ccn2[C@@H]1O[C@@H]2[C@H](Cc3ccc4cc(Br)c(N)nc4c3)CC[C@]2(O)C1O. The zero-order valence-corrected chi connectivity index (χ0v) is 20.1. The van der Waals surface area contributed by atoms with Gasteiger partial charge in [-0.25, -0.2) is 15.0 Å². The van der Waals surface area contributed by atoms with E-state index in [9.17, 15) is 10.2 Å². The Kier molecular flexibility index (Phi) is 5.03. The van der Waals surface area contributed by atoms with Gasteiger partial charge in [0.25, 0.3) is 0 Å². The Labute approximate surface area is 204 Å². The van der Waals surface area contributed by atoms with Crippen molar-refractivity contribution in [2.45, 2.75) is 43.3 Å². The van der Waals surface area contributed by atoms with E-state index >= 15 is 0 Å². The minimum atomic E-state index is -1.31. The quantitative estimate of drug-likeness (QED) is 0.320. The summed E-state index contributed by atoms with van der Waals surface area (Å²) in [5, 5.41) is 27.5. The van der Waals surface area contributed by atoms with Crippen molar-refractivity contribution in [2.75, 3.05) is 18.1 Å². The van der Waals surface area contributed by atoms with Gasteiger partial charge >= 0.3 is 0 Å². The number of nitrogens with zero attached hydrogens (tertiary/aromatic N) is 4. The molecule has 5 atom stereocenters. The summed E-state index contributed by atoms with van der Waals surface area (Å²) in [6.45, 7) is 0. The monoisotopic (exact) mass is 524 g/mol. The Morgan fingerprint density at radius 1 is 1.29 bits per heavy atom. The van der Waals surface area contributed by atoms with E-state index in [2.05, 4.69) is 42.3 Å². The number of nitrogens with two attached hydrogens (primary N) is 1. The number of ether oxygens (including phenoxy) is 1. The van der Waals surface area contributed by atoms with Crippen molar-refractivity contribution < 1.29 is 14.9 Å². The third kappa shape index (κ3) is 3.20. The van der Waals surface area contributed by atoms with E-state index in [0.29, 0.717) is 30.1 Å². The molecule has 4 heterocycles. The maximum absolute atomic E-state index is 11.5. The molecule has 1 aromatic carbocycles. The lowest BCUT2D eigenvalue weighted by molar-refractivity contribution is -0.0675. The Hall–Kier alpha value is -2.79. The fraction of sp³-hybridized carbons (Fsp3) is 0.375. The number of pyridine rings is 1. The number of nitrogens with one attached hydrogen (secondary N) is 1. The van der Waals surface area contributed by atoms with E-state index in [4.69, 9.17) is 10.5 Å². The fourth-order valence-electron chi connectivity index (χ4n) is 5.57. The molecule has 0 radical (unpaired) electrons. The summed E-state index contributed by atoms with van der Waals surface area (Å²) in [6.07, 6.45) is 2.95. The molecule has 9 nitrogen and oxygen atoms in total. The van der Waals surface area contributed by atoms with Gasteiger partial charge in [0, 0.05) is 18.6 Å². The number of anilines is 2. The van der Waals surface area contributed by atoms with Crippen LogP contribution in [0.3, 0.4) is 0 Å². The largest absolute Gasteiger partial charge is 0.385 e. The molecule has 1 aliphatic heterocycles. The number of fused-ring (bicyclic) bond motifs is 3. The van der Waals surface area contributed by atoms with Crippen molar-refractivity contribution >= 4 is 49.5 Å². The molecule has 0 amide bonds. The van der Waals surface area contributed by atoms with Gasteiger partial charge in [-0.3, -0.25) is 0 Å². The van der Waals surface area contributed by atoms with Crippen LogP contribution in [-0.2, 0) is 11.2 Å². The third-order valence-corrected chi connectivity index (χ3v) is 7.92. The molecule has 2 fully saturated rings. The Bertz CT molecular complexity index is 1410. The number of rotatable bonds is 4. The second kappa shape index (κ2) is 7.88. The molecule has 176 valence electrons. The number of aromatic nitrogens is 4. The summed E-state index contributed by atoms with van der Waals surface area (Å²) >= 11 is 3.42. The van der Waals surface area contributed by atoms with Crippen LogP contribution < -0.4 is 11.1 Å². The van der Waals surface area contributed by atoms with Crippen LogP contribution in [0.15, 0.2) is 47.3 Å². The molecule has 0 spiro atoms. The van der Waals surface area contributed by atoms with Gasteiger partial charge in [-0.05, 0) is 64.9 Å². The molecule has 1 unspecified atom stereocenters. The van der Waals surface area contributed by atoms with Gasteiger partial charge < -0.3 is 30.6 Å². The van der Waals surface area contributed by atoms with Crippen molar-refractivity contribution in [3.63, 3.8) is 0 Å². The number of hydrogen-bond donors (Lipinski definition) is 4. The van der Waals surface area contributed by atoms with Crippen molar-refractivity contribution in [1.82, 2.24) is 19.5 Å². The topological polar surface area (TPSA) is 131 Å². The predicted molar refractivity (Wildman–Crippen MR) is 132 cm³/mol. The lowest BCUT2D eigenvalue weighted by Crippen LogP contribution is -2.45. The van der Waals surface area contributed by atoms with Gasteiger partial charge in [0.15, 0.2) is 6.23 Å². The van der Waals surface area contributed by atoms with Gasteiger partial charge in [0.2, 0.25) is 0 Å². The summed E-state index contributed by atoms with van der Waals surface area (Å²) in [5.74, 6) is 1.21. The molecule has 5 N–H and O–H groups in total. The van der Waals surface area contributed by atoms with Gasteiger partial charge in [-0.15, -0.1) is 0 Å². The summed E-state index contributed by atoms with van der Waals surface area (Å²) < 4.78 is 8.94. The van der Waals surface area contributed by atoms with Crippen LogP contribution in [0.1, 0.15) is 24.6 Å². The second-order valence-electron chi connectivity index (χ2n) is 9.20. The third-order valence-electron chi connectivity index (χ3n) is 7.29. The van der Waals surface area contributed by atoms with Crippen LogP contribution in [0.5, 0.6) is 0 Å². The van der Waals surface area contributed by atoms with Crippen LogP contribution >= 0.6 is 15.9 Å². The highest BCUT2D eigenvalue weighted by Gasteiger charge is 2.61. The average molecular weight is 525 g/mol. The molecule has 6 rings (SSSR count). The predicted octanol–water partition coefficient (Wildman–Crippen LogP) is 3.01. The number of nitrogen functional groups attached to an aromatic ring is 1. The number of benzene rings is 1. The maximum Gasteiger partial charge on any atom is 0.164 e. The van der Waals surface area contributed by atoms with Gasteiger partial charge in [-0.1, -0.05) is 12.1 Å². The Morgan fingerprint density at radius 3 is 2.97 bits per heavy atom. The number of halogens is 1. The lowest BCUT2D eigenvalue weighted by Gasteiger charge is -2.26. The van der Waals surface area contributed by atoms with E-state index in [1.807, 2.05) is 30.5 Å². The first-order valence-corrected chi connectivity index (χ1v) is 12.1. The molecule has 34 heavy (non-hydrogen) atoms. The highest BCUT2D eigenvalue weighted by molar-refractivity contribution is 9.10. The standard InChI is InChI=1S/C24H25BrN6O3/c1-27-21-15-5-7-31(22(15)29-11-28-21)23-18(32)24(33)6-4-14(19(24)34-23)8-12-2-3-13-10-16(25)20(26)30-17(13)9-12/h2-3,5,7,9-11,14,18-19,23,32-33H,4,6,8H2,1H3,(H2,26,30)(H,27,28,29)/t14-,18?,19+,23+,24-/m0/s1. The molecular formula is C24H25BrN6O3. The molecular weight excluding hydrogens is 500 g/mol. The average Bonchev–Trinajstić information content (AvgIpc) is 3.47. The molecule has 4 aromatic rings. The number of hydrogen-bond acceptors (Lipinski definition) is 8. The smallest absolute Gasteiger partial charge is 0.164 e. The molecule has 1 saturated carbocycles. The zero-order chi connectivity index (χ0) is 23.6. The minimum absolute atomic E-state index is 0.0548. The fourth-order valence-corrected chi connectivity index (χ4v) is 5.90. The first-order chi connectivity index (χ1) is 16.4. The summed E-state index contributed by atoms with van der Waals surface area (Å²) in [7, 11) is 1.80. The van der Waals surface area contributed by atoms with Crippen LogP contribution in [-0.4, -0.2) is 54.6 Å². The summed E-state index contributed by atoms with van der Waals surface area (Å²) in [6, 6.07) is 9.98. The Balaban J connectivity index is 1.29. The van der Waals surface area contributed by atoms with Gasteiger partial charge in [-0.2, -0.15) is 0 Å². The summed E-state index contributed by atoms with van der Waals surface area (Å²) in [5.41, 5.74) is 7.23. The highest BCUT2D eigenvalue weighted by atomic mass is 79.9. The van der Waals surface area contributed by atoms with E-state index in [1.165, 1.54) is 6.33 Å².